The molecule has 32 heavy (non-hydrogen) atoms. The van der Waals surface area contributed by atoms with Crippen LogP contribution in [0.4, 0.5) is 10.8 Å². The first-order valence-electron chi connectivity index (χ1n) is 10.1. The van der Waals surface area contributed by atoms with Gasteiger partial charge < -0.3 is 14.5 Å². The Bertz CT molecular complexity index is 1160. The molecular weight excluding hydrogens is 448 g/mol. The predicted octanol–water partition coefficient (Wildman–Crippen LogP) is 2.84. The van der Waals surface area contributed by atoms with E-state index in [0.29, 0.717) is 24.5 Å². The molecule has 1 saturated heterocycles. The van der Waals surface area contributed by atoms with Crippen LogP contribution in [0.1, 0.15) is 5.69 Å². The maximum absolute atomic E-state index is 12.7. The number of thiazole rings is 1. The third-order valence-electron chi connectivity index (χ3n) is 5.23. The molecule has 10 heteroatoms. The van der Waals surface area contributed by atoms with Crippen LogP contribution < -0.4 is 14.4 Å². The number of nitrogens with one attached hydrogen (secondary N) is 1. The van der Waals surface area contributed by atoms with Gasteiger partial charge in [0.05, 0.1) is 24.1 Å². The number of ether oxygens (including phenoxy) is 1. The average Bonchev–Trinajstić information content (AvgIpc) is 3.25. The van der Waals surface area contributed by atoms with Crippen molar-refractivity contribution >= 4 is 38.1 Å². The molecule has 2 aromatic carbocycles. The van der Waals surface area contributed by atoms with Crippen molar-refractivity contribution in [3.05, 3.63) is 65.7 Å². The zero-order chi connectivity index (χ0) is 22.6. The summed E-state index contributed by atoms with van der Waals surface area (Å²) in [5.74, 6) is 0.566. The SMILES string of the molecule is COc1ccc(S(=O)(=O)Nc2nc(CC(=O)N3CCN(c4ccccc4)CC3)cs2)cc1. The molecule has 8 nitrogen and oxygen atoms in total. The van der Waals surface area contributed by atoms with E-state index in [9.17, 15) is 13.2 Å². The van der Waals surface area contributed by atoms with Crippen LogP contribution in [0.5, 0.6) is 5.75 Å². The Morgan fingerprint density at radius 3 is 2.41 bits per heavy atom. The molecule has 0 saturated carbocycles. The number of anilines is 2. The van der Waals surface area contributed by atoms with Gasteiger partial charge >= 0.3 is 0 Å². The Balaban J connectivity index is 1.32. The second-order valence-electron chi connectivity index (χ2n) is 7.31. The van der Waals surface area contributed by atoms with Crippen molar-refractivity contribution in [2.75, 3.05) is 42.9 Å². The van der Waals surface area contributed by atoms with E-state index in [0.717, 1.165) is 30.1 Å². The summed E-state index contributed by atoms with van der Waals surface area (Å²) in [7, 11) is -2.25. The highest BCUT2D eigenvalue weighted by atomic mass is 32.2. The zero-order valence-electron chi connectivity index (χ0n) is 17.6. The Morgan fingerprint density at radius 1 is 1.06 bits per heavy atom. The molecule has 1 aliphatic rings. The van der Waals surface area contributed by atoms with E-state index >= 15 is 0 Å². The van der Waals surface area contributed by atoms with Crippen LogP contribution in [-0.2, 0) is 21.2 Å². The molecule has 1 aliphatic heterocycles. The molecule has 3 aromatic rings. The van der Waals surface area contributed by atoms with Crippen molar-refractivity contribution in [1.82, 2.24) is 9.88 Å². The lowest BCUT2D eigenvalue weighted by Crippen LogP contribution is -2.49. The highest BCUT2D eigenvalue weighted by Gasteiger charge is 2.23. The highest BCUT2D eigenvalue weighted by Crippen LogP contribution is 2.23. The van der Waals surface area contributed by atoms with Gasteiger partial charge in [0.15, 0.2) is 5.13 Å². The number of nitrogens with zero attached hydrogens (tertiary/aromatic N) is 3. The number of sulfonamides is 1. The fraction of sp³-hybridized carbons (Fsp3) is 0.273. The average molecular weight is 473 g/mol. The Kier molecular flexibility index (Phi) is 6.61. The van der Waals surface area contributed by atoms with Crippen molar-refractivity contribution in [2.24, 2.45) is 0 Å². The number of hydrogen-bond acceptors (Lipinski definition) is 7. The number of carbonyl (C=O) groups excluding carboxylic acids is 1. The van der Waals surface area contributed by atoms with Crippen LogP contribution in [0, 0.1) is 0 Å². The van der Waals surface area contributed by atoms with Gasteiger partial charge in [0.2, 0.25) is 5.91 Å². The molecule has 1 aromatic heterocycles. The van der Waals surface area contributed by atoms with Gasteiger partial charge in [0, 0.05) is 37.2 Å². The maximum atomic E-state index is 12.7. The van der Waals surface area contributed by atoms with E-state index in [-0.39, 0.29) is 22.4 Å². The molecule has 168 valence electrons. The number of benzene rings is 2. The van der Waals surface area contributed by atoms with Gasteiger partial charge in [0.25, 0.3) is 10.0 Å². The molecule has 4 rings (SSSR count). The van der Waals surface area contributed by atoms with Gasteiger partial charge in [0.1, 0.15) is 5.75 Å². The van der Waals surface area contributed by atoms with Crippen molar-refractivity contribution in [1.29, 1.82) is 0 Å². The smallest absolute Gasteiger partial charge is 0.263 e. The number of aromatic nitrogens is 1. The van der Waals surface area contributed by atoms with E-state index < -0.39 is 10.0 Å². The Morgan fingerprint density at radius 2 is 1.75 bits per heavy atom. The first kappa shape index (κ1) is 22.1. The molecule has 0 bridgehead atoms. The Labute approximate surface area is 191 Å². The van der Waals surface area contributed by atoms with Gasteiger partial charge in [-0.3, -0.25) is 9.52 Å². The number of amides is 1. The van der Waals surface area contributed by atoms with Crippen LogP contribution >= 0.6 is 11.3 Å². The minimum absolute atomic E-state index is 0.00688. The number of para-hydroxylation sites is 1. The van der Waals surface area contributed by atoms with E-state index in [1.807, 2.05) is 23.1 Å². The maximum Gasteiger partial charge on any atom is 0.263 e. The largest absolute Gasteiger partial charge is 0.497 e. The lowest BCUT2D eigenvalue weighted by atomic mass is 10.2. The molecule has 1 amide bonds. The standard InChI is InChI=1S/C22H24N4O4S2/c1-30-19-7-9-20(10-8-19)32(28,29)24-22-23-17(16-31-22)15-21(27)26-13-11-25(12-14-26)18-5-3-2-4-6-18/h2-10,16H,11-15H2,1H3,(H,23,24). The lowest BCUT2D eigenvalue weighted by molar-refractivity contribution is -0.130. The molecule has 0 unspecified atom stereocenters. The quantitative estimate of drug-likeness (QED) is 0.569. The highest BCUT2D eigenvalue weighted by molar-refractivity contribution is 7.93. The van der Waals surface area contributed by atoms with Crippen molar-refractivity contribution in [2.45, 2.75) is 11.3 Å². The predicted molar refractivity (Wildman–Crippen MR) is 125 cm³/mol. The van der Waals surface area contributed by atoms with Gasteiger partial charge in [-0.15, -0.1) is 11.3 Å². The lowest BCUT2D eigenvalue weighted by Gasteiger charge is -2.36. The van der Waals surface area contributed by atoms with Crippen molar-refractivity contribution in [3.8, 4) is 5.75 Å². The number of piperazine rings is 1. The summed E-state index contributed by atoms with van der Waals surface area (Å²) < 4.78 is 32.7. The molecule has 1 fully saturated rings. The first-order chi connectivity index (χ1) is 15.4. The summed E-state index contributed by atoms with van der Waals surface area (Å²) >= 11 is 1.16. The van der Waals surface area contributed by atoms with Crippen LogP contribution in [-0.4, -0.2) is 57.5 Å². The fourth-order valence-corrected chi connectivity index (χ4v) is 5.45. The number of rotatable bonds is 7. The number of hydrogen-bond donors (Lipinski definition) is 1. The summed E-state index contributed by atoms with van der Waals surface area (Å²) in [5.41, 5.74) is 1.71. The second kappa shape index (κ2) is 9.58. The molecule has 0 radical (unpaired) electrons. The van der Waals surface area contributed by atoms with Crippen LogP contribution in [0.3, 0.4) is 0 Å². The minimum Gasteiger partial charge on any atom is -0.497 e. The van der Waals surface area contributed by atoms with E-state index in [4.69, 9.17) is 4.74 Å². The van der Waals surface area contributed by atoms with Crippen LogP contribution in [0.2, 0.25) is 0 Å². The number of methoxy groups -OCH3 is 1. The second-order valence-corrected chi connectivity index (χ2v) is 9.85. The van der Waals surface area contributed by atoms with E-state index in [1.165, 1.54) is 19.2 Å². The summed E-state index contributed by atoms with van der Waals surface area (Å²) in [6.45, 7) is 2.85. The Hall–Kier alpha value is -3.11. The molecule has 0 spiro atoms. The normalized spacial score (nSPS) is 14.3. The van der Waals surface area contributed by atoms with Gasteiger partial charge in [-0.05, 0) is 36.4 Å². The fourth-order valence-electron chi connectivity index (χ4n) is 3.48. The van der Waals surface area contributed by atoms with Gasteiger partial charge in [-0.25, -0.2) is 13.4 Å². The summed E-state index contributed by atoms with van der Waals surface area (Å²) in [6, 6.07) is 16.2. The monoisotopic (exact) mass is 472 g/mol. The first-order valence-corrected chi connectivity index (χ1v) is 12.5. The summed E-state index contributed by atoms with van der Waals surface area (Å²) in [5, 5.41) is 1.95. The van der Waals surface area contributed by atoms with Gasteiger partial charge in [-0.2, -0.15) is 0 Å². The van der Waals surface area contributed by atoms with Crippen molar-refractivity contribution in [3.63, 3.8) is 0 Å². The summed E-state index contributed by atoms with van der Waals surface area (Å²) in [4.78, 5) is 21.2. The van der Waals surface area contributed by atoms with E-state index in [2.05, 4.69) is 26.7 Å². The molecule has 0 aliphatic carbocycles. The topological polar surface area (TPSA) is 91.8 Å². The summed E-state index contributed by atoms with van der Waals surface area (Å²) in [6.07, 6.45) is 0.145. The zero-order valence-corrected chi connectivity index (χ0v) is 19.2. The molecular formula is C22H24N4O4S2. The molecule has 2 heterocycles. The molecule has 0 atom stereocenters. The van der Waals surface area contributed by atoms with Gasteiger partial charge in [-0.1, -0.05) is 18.2 Å². The van der Waals surface area contributed by atoms with E-state index in [1.54, 1.807) is 17.5 Å². The third kappa shape index (κ3) is 5.20. The van der Waals surface area contributed by atoms with Crippen LogP contribution in [0.15, 0.2) is 64.9 Å². The molecule has 1 N–H and O–H groups in total. The number of carbonyl (C=O) groups is 1. The minimum atomic E-state index is -3.76. The third-order valence-corrected chi connectivity index (χ3v) is 7.52. The van der Waals surface area contributed by atoms with Crippen molar-refractivity contribution < 1.29 is 17.9 Å². The van der Waals surface area contributed by atoms with Crippen LogP contribution in [0.25, 0.3) is 0 Å².